The van der Waals surface area contributed by atoms with Crippen LogP contribution in [-0.2, 0) is 13.0 Å². The van der Waals surface area contributed by atoms with Crippen molar-refractivity contribution in [1.29, 1.82) is 0 Å². The highest BCUT2D eigenvalue weighted by Crippen LogP contribution is 2.27. The fourth-order valence-corrected chi connectivity index (χ4v) is 2.60. The van der Waals surface area contributed by atoms with Crippen molar-refractivity contribution in [1.82, 2.24) is 19.9 Å². The number of nitrogens with one attached hydrogen (secondary N) is 1. The number of aliphatic imine (C=N–C) groups is 1. The zero-order valence-corrected chi connectivity index (χ0v) is 17.6. The summed E-state index contributed by atoms with van der Waals surface area (Å²) in [5.41, 5.74) is 8.79. The van der Waals surface area contributed by atoms with E-state index in [1.54, 1.807) is 31.1 Å². The van der Waals surface area contributed by atoms with Crippen molar-refractivity contribution < 1.29 is 9.47 Å². The van der Waals surface area contributed by atoms with E-state index >= 15 is 0 Å². The van der Waals surface area contributed by atoms with Crippen molar-refractivity contribution in [2.24, 2.45) is 10.7 Å². The summed E-state index contributed by atoms with van der Waals surface area (Å²) in [5, 5.41) is 7.35. The molecule has 0 unspecified atom stereocenters. The molecule has 3 rings (SSSR count). The average Bonchev–Trinajstić information content (AvgIpc) is 3.15. The molecular formula is C18H23IN6O2. The van der Waals surface area contributed by atoms with Crippen LogP contribution in [0.3, 0.4) is 0 Å². The SMILES string of the molecule is COc1ccc(CCNC(N)=NCc2ccnc3ccnn23)cc1OC.I. The molecule has 3 aromatic rings. The average molecular weight is 482 g/mol. The third-order valence-corrected chi connectivity index (χ3v) is 3.95. The number of nitrogens with two attached hydrogens (primary N) is 1. The van der Waals surface area contributed by atoms with Gasteiger partial charge in [-0.25, -0.2) is 14.5 Å². The topological polar surface area (TPSA) is 99.1 Å². The lowest BCUT2D eigenvalue weighted by Gasteiger charge is -2.10. The Morgan fingerprint density at radius 2 is 1.96 bits per heavy atom. The Morgan fingerprint density at radius 3 is 2.74 bits per heavy atom. The molecule has 0 saturated carbocycles. The molecule has 0 aliphatic carbocycles. The first kappa shape index (κ1) is 20.7. The Bertz CT molecular complexity index is 912. The Hall–Kier alpha value is -2.56. The van der Waals surface area contributed by atoms with Gasteiger partial charge in [-0.05, 0) is 30.2 Å². The molecule has 2 heterocycles. The van der Waals surface area contributed by atoms with Crippen molar-refractivity contribution in [3.8, 4) is 11.5 Å². The van der Waals surface area contributed by atoms with Gasteiger partial charge in [-0.2, -0.15) is 5.10 Å². The van der Waals surface area contributed by atoms with E-state index in [-0.39, 0.29) is 24.0 Å². The minimum Gasteiger partial charge on any atom is -0.493 e. The van der Waals surface area contributed by atoms with Crippen LogP contribution in [0.5, 0.6) is 11.5 Å². The van der Waals surface area contributed by atoms with Crippen LogP contribution in [0.25, 0.3) is 5.65 Å². The molecule has 0 bridgehead atoms. The predicted molar refractivity (Wildman–Crippen MR) is 115 cm³/mol. The number of ether oxygens (including phenoxy) is 2. The van der Waals surface area contributed by atoms with Gasteiger partial charge >= 0.3 is 0 Å². The molecule has 27 heavy (non-hydrogen) atoms. The van der Waals surface area contributed by atoms with Crippen LogP contribution in [0, 0.1) is 0 Å². The molecule has 8 nitrogen and oxygen atoms in total. The first-order valence-corrected chi connectivity index (χ1v) is 8.23. The molecule has 0 saturated heterocycles. The Balaban J connectivity index is 0.00000261. The van der Waals surface area contributed by atoms with Gasteiger partial charge in [-0.1, -0.05) is 6.07 Å². The molecule has 0 spiro atoms. The van der Waals surface area contributed by atoms with Gasteiger partial charge in [0.2, 0.25) is 0 Å². The van der Waals surface area contributed by atoms with Gasteiger partial charge in [0.05, 0.1) is 32.7 Å². The lowest BCUT2D eigenvalue weighted by atomic mass is 10.1. The Kier molecular flexibility index (Phi) is 7.65. The van der Waals surface area contributed by atoms with E-state index in [1.165, 1.54) is 0 Å². The fraction of sp³-hybridized carbons (Fsp3) is 0.278. The number of fused-ring (bicyclic) bond motifs is 1. The van der Waals surface area contributed by atoms with Gasteiger partial charge in [0.1, 0.15) is 0 Å². The van der Waals surface area contributed by atoms with Crippen molar-refractivity contribution in [2.45, 2.75) is 13.0 Å². The molecule has 1 aromatic carbocycles. The number of hydrogen-bond acceptors (Lipinski definition) is 5. The highest BCUT2D eigenvalue weighted by Gasteiger charge is 2.05. The summed E-state index contributed by atoms with van der Waals surface area (Å²) in [6.45, 7) is 1.09. The summed E-state index contributed by atoms with van der Waals surface area (Å²) in [7, 11) is 3.25. The van der Waals surface area contributed by atoms with E-state index < -0.39 is 0 Å². The first-order valence-electron chi connectivity index (χ1n) is 8.23. The predicted octanol–water partition coefficient (Wildman–Crippen LogP) is 2.01. The minimum absolute atomic E-state index is 0. The third kappa shape index (κ3) is 5.22. The van der Waals surface area contributed by atoms with Gasteiger partial charge < -0.3 is 20.5 Å². The summed E-state index contributed by atoms with van der Waals surface area (Å²) in [4.78, 5) is 8.59. The summed E-state index contributed by atoms with van der Waals surface area (Å²) in [5.74, 6) is 1.82. The van der Waals surface area contributed by atoms with Gasteiger partial charge in [0.25, 0.3) is 0 Å². The van der Waals surface area contributed by atoms with Gasteiger partial charge in [-0.15, -0.1) is 24.0 Å². The van der Waals surface area contributed by atoms with Crippen LogP contribution >= 0.6 is 24.0 Å². The quantitative estimate of drug-likeness (QED) is 0.304. The van der Waals surface area contributed by atoms with E-state index in [0.717, 1.165) is 23.3 Å². The Morgan fingerprint density at radius 1 is 1.15 bits per heavy atom. The van der Waals surface area contributed by atoms with Crippen LogP contribution in [0.15, 0.2) is 47.7 Å². The van der Waals surface area contributed by atoms with Crippen molar-refractivity contribution >= 4 is 35.6 Å². The second kappa shape index (κ2) is 9.95. The zero-order valence-electron chi connectivity index (χ0n) is 15.3. The third-order valence-electron chi connectivity index (χ3n) is 3.95. The standard InChI is InChI=1S/C18H22N6O2.HI/c1-25-15-4-3-13(11-16(15)26-2)5-8-21-18(19)22-12-14-6-9-20-17-7-10-23-24(14)17;/h3-4,6-7,9-11H,5,8,12H2,1-2H3,(H3,19,21,22);1H. The summed E-state index contributed by atoms with van der Waals surface area (Å²) < 4.78 is 12.3. The van der Waals surface area contributed by atoms with E-state index in [4.69, 9.17) is 15.2 Å². The smallest absolute Gasteiger partial charge is 0.188 e. The van der Waals surface area contributed by atoms with Crippen LogP contribution in [0.1, 0.15) is 11.3 Å². The number of hydrogen-bond donors (Lipinski definition) is 2. The number of aromatic nitrogens is 3. The molecule has 0 fully saturated rings. The molecular weight excluding hydrogens is 459 g/mol. The summed E-state index contributed by atoms with van der Waals surface area (Å²) in [6.07, 6.45) is 4.23. The molecule has 0 amide bonds. The molecule has 9 heteroatoms. The second-order valence-electron chi connectivity index (χ2n) is 5.60. The fourth-order valence-electron chi connectivity index (χ4n) is 2.60. The number of methoxy groups -OCH3 is 2. The maximum absolute atomic E-state index is 5.96. The summed E-state index contributed by atoms with van der Waals surface area (Å²) >= 11 is 0. The van der Waals surface area contributed by atoms with Crippen molar-refractivity contribution in [2.75, 3.05) is 20.8 Å². The molecule has 3 N–H and O–H groups in total. The van der Waals surface area contributed by atoms with Gasteiger partial charge in [0, 0.05) is 18.8 Å². The van der Waals surface area contributed by atoms with Crippen LogP contribution in [-0.4, -0.2) is 41.3 Å². The number of halogens is 1. The molecule has 0 aliphatic heterocycles. The van der Waals surface area contributed by atoms with Crippen LogP contribution < -0.4 is 20.5 Å². The minimum atomic E-state index is 0. The Labute approximate surface area is 174 Å². The number of guanidine groups is 1. The highest BCUT2D eigenvalue weighted by molar-refractivity contribution is 14.0. The lowest BCUT2D eigenvalue weighted by Crippen LogP contribution is -2.33. The molecule has 0 atom stereocenters. The zero-order chi connectivity index (χ0) is 18.4. The second-order valence-corrected chi connectivity index (χ2v) is 5.60. The highest BCUT2D eigenvalue weighted by atomic mass is 127. The maximum atomic E-state index is 5.96. The first-order chi connectivity index (χ1) is 12.7. The lowest BCUT2D eigenvalue weighted by molar-refractivity contribution is 0.354. The van der Waals surface area contributed by atoms with Gasteiger partial charge in [-0.3, -0.25) is 0 Å². The number of rotatable bonds is 7. The monoisotopic (exact) mass is 482 g/mol. The van der Waals surface area contributed by atoms with Crippen LogP contribution in [0.4, 0.5) is 0 Å². The van der Waals surface area contributed by atoms with Crippen molar-refractivity contribution in [3.63, 3.8) is 0 Å². The summed E-state index contributed by atoms with van der Waals surface area (Å²) in [6, 6.07) is 9.57. The molecule has 0 aliphatic rings. The van der Waals surface area contributed by atoms with Crippen molar-refractivity contribution in [3.05, 3.63) is 54.0 Å². The van der Waals surface area contributed by atoms with E-state index in [0.29, 0.717) is 30.5 Å². The number of nitrogens with zero attached hydrogens (tertiary/aromatic N) is 4. The maximum Gasteiger partial charge on any atom is 0.188 e. The van der Waals surface area contributed by atoms with E-state index in [2.05, 4.69) is 20.4 Å². The van der Waals surface area contributed by atoms with Crippen LogP contribution in [0.2, 0.25) is 0 Å². The normalized spacial score (nSPS) is 11.1. The number of benzene rings is 1. The van der Waals surface area contributed by atoms with E-state index in [1.807, 2.05) is 30.3 Å². The van der Waals surface area contributed by atoms with Gasteiger partial charge in [0.15, 0.2) is 23.1 Å². The molecule has 0 radical (unpaired) electrons. The molecule has 144 valence electrons. The van der Waals surface area contributed by atoms with E-state index in [9.17, 15) is 0 Å². The largest absolute Gasteiger partial charge is 0.493 e. The molecule has 2 aromatic heterocycles.